The average Bonchev–Trinajstić information content (AvgIpc) is 2.51. The molecule has 22 heavy (non-hydrogen) atoms. The van der Waals surface area contributed by atoms with E-state index in [9.17, 15) is 4.79 Å². The van der Waals surface area contributed by atoms with Gasteiger partial charge in [0.25, 0.3) is 0 Å². The van der Waals surface area contributed by atoms with Crippen molar-refractivity contribution in [2.75, 3.05) is 19.7 Å². The molecule has 1 aliphatic heterocycles. The highest BCUT2D eigenvalue weighted by atomic mass is 16.6. The van der Waals surface area contributed by atoms with E-state index in [1.165, 1.54) is 5.56 Å². The molecule has 1 aromatic rings. The molecule has 4 nitrogen and oxygen atoms in total. The molecule has 1 fully saturated rings. The molecule has 1 amide bonds. The number of unbranched alkanes of at least 4 members (excludes halogenated alkanes) is 1. The summed E-state index contributed by atoms with van der Waals surface area (Å²) in [4.78, 5) is 16.5. The molecule has 1 saturated heterocycles. The molecule has 0 aliphatic carbocycles. The highest BCUT2D eigenvalue weighted by Gasteiger charge is 2.32. The number of hydrogen-bond acceptors (Lipinski definition) is 3. The number of ether oxygens (including phenoxy) is 1. The number of piperazine rings is 1. The first-order valence-electron chi connectivity index (χ1n) is 8.33. The van der Waals surface area contributed by atoms with Crippen molar-refractivity contribution in [3.63, 3.8) is 0 Å². The fourth-order valence-corrected chi connectivity index (χ4v) is 2.88. The lowest BCUT2D eigenvalue weighted by molar-refractivity contribution is 0.0246. The molecule has 2 rings (SSSR count). The minimum atomic E-state index is -0.160. The standard InChI is InChI=1S/C18H28N2O2/c1-4-5-11-22-18(21)20-13-15(2)19(12-16(20)3)14-17-9-7-6-8-10-17/h6-10,15-16H,4-5,11-14H2,1-3H3/t15-,16+/m0/s1. The third-order valence-electron chi connectivity index (χ3n) is 4.30. The van der Waals surface area contributed by atoms with Crippen molar-refractivity contribution in [2.24, 2.45) is 0 Å². The van der Waals surface area contributed by atoms with Crippen LogP contribution in [-0.2, 0) is 11.3 Å². The molecule has 1 heterocycles. The average molecular weight is 304 g/mol. The molecule has 0 spiro atoms. The van der Waals surface area contributed by atoms with E-state index >= 15 is 0 Å². The van der Waals surface area contributed by atoms with Crippen LogP contribution in [0.2, 0.25) is 0 Å². The molecule has 0 radical (unpaired) electrons. The van der Waals surface area contributed by atoms with Crippen LogP contribution in [0.1, 0.15) is 39.2 Å². The van der Waals surface area contributed by atoms with Crippen LogP contribution in [0.25, 0.3) is 0 Å². The van der Waals surface area contributed by atoms with Crippen LogP contribution in [0.15, 0.2) is 30.3 Å². The first-order valence-corrected chi connectivity index (χ1v) is 8.33. The van der Waals surface area contributed by atoms with Crippen molar-refractivity contribution >= 4 is 6.09 Å². The summed E-state index contributed by atoms with van der Waals surface area (Å²) in [5, 5.41) is 0. The van der Waals surface area contributed by atoms with Gasteiger partial charge in [-0.05, 0) is 25.8 Å². The Morgan fingerprint density at radius 2 is 1.91 bits per heavy atom. The van der Waals surface area contributed by atoms with Gasteiger partial charge in [-0.3, -0.25) is 4.90 Å². The lowest BCUT2D eigenvalue weighted by Crippen LogP contribution is -2.57. The van der Waals surface area contributed by atoms with E-state index in [1.807, 2.05) is 11.0 Å². The lowest BCUT2D eigenvalue weighted by atomic mass is 10.1. The molecule has 0 aromatic heterocycles. The first kappa shape index (κ1) is 16.8. The molecular formula is C18H28N2O2. The zero-order chi connectivity index (χ0) is 15.9. The van der Waals surface area contributed by atoms with Gasteiger partial charge in [-0.1, -0.05) is 43.7 Å². The molecule has 1 aromatic carbocycles. The minimum Gasteiger partial charge on any atom is -0.449 e. The van der Waals surface area contributed by atoms with E-state index in [2.05, 4.69) is 49.9 Å². The second-order valence-electron chi connectivity index (χ2n) is 6.23. The highest BCUT2D eigenvalue weighted by Crippen LogP contribution is 2.19. The van der Waals surface area contributed by atoms with E-state index in [0.717, 1.165) is 32.5 Å². The van der Waals surface area contributed by atoms with Gasteiger partial charge in [0, 0.05) is 31.7 Å². The normalized spacial score (nSPS) is 22.6. The molecule has 122 valence electrons. The van der Waals surface area contributed by atoms with Gasteiger partial charge in [0.05, 0.1) is 6.61 Å². The summed E-state index contributed by atoms with van der Waals surface area (Å²) in [7, 11) is 0. The van der Waals surface area contributed by atoms with Crippen molar-refractivity contribution < 1.29 is 9.53 Å². The van der Waals surface area contributed by atoms with E-state index in [4.69, 9.17) is 4.74 Å². The van der Waals surface area contributed by atoms with Crippen molar-refractivity contribution in [1.29, 1.82) is 0 Å². The molecule has 1 aliphatic rings. The summed E-state index contributed by atoms with van der Waals surface area (Å²) in [6.45, 7) is 9.47. The van der Waals surface area contributed by atoms with Crippen LogP contribution in [-0.4, -0.2) is 47.7 Å². The van der Waals surface area contributed by atoms with E-state index < -0.39 is 0 Å². The quantitative estimate of drug-likeness (QED) is 0.780. The lowest BCUT2D eigenvalue weighted by Gasteiger charge is -2.43. The van der Waals surface area contributed by atoms with Crippen LogP contribution < -0.4 is 0 Å². The number of amides is 1. The molecule has 0 saturated carbocycles. The Hall–Kier alpha value is -1.55. The minimum absolute atomic E-state index is 0.160. The van der Waals surface area contributed by atoms with Crippen LogP contribution in [0, 0.1) is 0 Å². The van der Waals surface area contributed by atoms with Gasteiger partial charge in [0.2, 0.25) is 0 Å². The Morgan fingerprint density at radius 1 is 1.18 bits per heavy atom. The summed E-state index contributed by atoms with van der Waals surface area (Å²) in [5.74, 6) is 0. The summed E-state index contributed by atoms with van der Waals surface area (Å²) >= 11 is 0. The summed E-state index contributed by atoms with van der Waals surface area (Å²) in [5.41, 5.74) is 1.32. The zero-order valence-electron chi connectivity index (χ0n) is 14.0. The molecule has 0 N–H and O–H groups in total. The second-order valence-corrected chi connectivity index (χ2v) is 6.23. The molecule has 0 bridgehead atoms. The third kappa shape index (κ3) is 4.47. The number of benzene rings is 1. The zero-order valence-corrected chi connectivity index (χ0v) is 14.0. The van der Waals surface area contributed by atoms with Gasteiger partial charge in [0.1, 0.15) is 0 Å². The summed E-state index contributed by atoms with van der Waals surface area (Å²) in [6.07, 6.45) is 1.82. The van der Waals surface area contributed by atoms with Crippen molar-refractivity contribution in [1.82, 2.24) is 9.80 Å². The molecular weight excluding hydrogens is 276 g/mol. The van der Waals surface area contributed by atoms with Crippen molar-refractivity contribution in [3.05, 3.63) is 35.9 Å². The molecule has 2 atom stereocenters. The summed E-state index contributed by atoms with van der Waals surface area (Å²) < 4.78 is 5.36. The topological polar surface area (TPSA) is 32.8 Å². The van der Waals surface area contributed by atoms with Gasteiger partial charge in [0.15, 0.2) is 0 Å². The van der Waals surface area contributed by atoms with Crippen LogP contribution in [0.4, 0.5) is 4.79 Å². The van der Waals surface area contributed by atoms with Gasteiger partial charge in [-0.25, -0.2) is 4.79 Å². The molecule has 0 unspecified atom stereocenters. The Bertz CT molecular complexity index is 463. The third-order valence-corrected chi connectivity index (χ3v) is 4.30. The van der Waals surface area contributed by atoms with Crippen LogP contribution >= 0.6 is 0 Å². The smallest absolute Gasteiger partial charge is 0.410 e. The van der Waals surface area contributed by atoms with E-state index in [1.54, 1.807) is 0 Å². The highest BCUT2D eigenvalue weighted by molar-refractivity contribution is 5.68. The van der Waals surface area contributed by atoms with Gasteiger partial charge in [-0.15, -0.1) is 0 Å². The Labute approximate surface area is 134 Å². The Balaban J connectivity index is 1.89. The number of nitrogens with zero attached hydrogens (tertiary/aromatic N) is 2. The predicted molar refractivity (Wildman–Crippen MR) is 88.7 cm³/mol. The van der Waals surface area contributed by atoms with Crippen molar-refractivity contribution in [2.45, 2.75) is 52.2 Å². The summed E-state index contributed by atoms with van der Waals surface area (Å²) in [6, 6.07) is 11.0. The second kappa shape index (κ2) is 8.18. The maximum atomic E-state index is 12.2. The van der Waals surface area contributed by atoms with Gasteiger partial charge < -0.3 is 9.64 Å². The Morgan fingerprint density at radius 3 is 2.59 bits per heavy atom. The molecule has 4 heteroatoms. The van der Waals surface area contributed by atoms with Gasteiger partial charge >= 0.3 is 6.09 Å². The monoisotopic (exact) mass is 304 g/mol. The number of carbonyl (C=O) groups excluding carboxylic acids is 1. The number of rotatable bonds is 5. The SMILES string of the molecule is CCCCOC(=O)N1C[C@H](C)N(Cc2ccccc2)C[C@H]1C. The maximum Gasteiger partial charge on any atom is 0.410 e. The first-order chi connectivity index (χ1) is 10.6. The van der Waals surface area contributed by atoms with Crippen molar-refractivity contribution in [3.8, 4) is 0 Å². The predicted octanol–water partition coefficient (Wildman–Crippen LogP) is 3.52. The van der Waals surface area contributed by atoms with Crippen LogP contribution in [0.3, 0.4) is 0 Å². The van der Waals surface area contributed by atoms with Gasteiger partial charge in [-0.2, -0.15) is 0 Å². The Kier molecular flexibility index (Phi) is 6.25. The van der Waals surface area contributed by atoms with E-state index in [0.29, 0.717) is 12.6 Å². The van der Waals surface area contributed by atoms with E-state index in [-0.39, 0.29) is 12.1 Å². The number of carbonyl (C=O) groups is 1. The fraction of sp³-hybridized carbons (Fsp3) is 0.611. The number of hydrogen-bond donors (Lipinski definition) is 0. The fourth-order valence-electron chi connectivity index (χ4n) is 2.88. The largest absolute Gasteiger partial charge is 0.449 e. The van der Waals surface area contributed by atoms with Crippen LogP contribution in [0.5, 0.6) is 0 Å². The maximum absolute atomic E-state index is 12.2.